The minimum Gasteiger partial charge on any atom is -0.314 e. The summed E-state index contributed by atoms with van der Waals surface area (Å²) in [6, 6.07) is 5.16. The van der Waals surface area contributed by atoms with Crippen molar-refractivity contribution >= 4 is 11.2 Å². The van der Waals surface area contributed by atoms with E-state index in [0.29, 0.717) is 6.04 Å². The predicted octanol–water partition coefficient (Wildman–Crippen LogP) is 2.31. The van der Waals surface area contributed by atoms with Gasteiger partial charge >= 0.3 is 0 Å². The molecule has 1 N–H and O–H groups in total. The third-order valence-electron chi connectivity index (χ3n) is 3.40. The first-order valence-corrected chi connectivity index (χ1v) is 6.81. The molecule has 0 bridgehead atoms. The van der Waals surface area contributed by atoms with Crippen LogP contribution < -0.4 is 5.32 Å². The first-order valence-electron chi connectivity index (χ1n) is 6.81. The normalized spacial score (nSPS) is 15.7. The number of hydrogen-bond acceptors (Lipinski definition) is 3. The summed E-state index contributed by atoms with van der Waals surface area (Å²) in [5, 5.41) is 3.54. The highest BCUT2D eigenvalue weighted by Gasteiger charge is 2.20. The van der Waals surface area contributed by atoms with Crippen molar-refractivity contribution in [2.75, 3.05) is 6.54 Å². The Kier molecular flexibility index (Phi) is 3.04. The van der Waals surface area contributed by atoms with Gasteiger partial charge in [-0.05, 0) is 38.8 Å². The van der Waals surface area contributed by atoms with Gasteiger partial charge in [-0.2, -0.15) is 0 Å². The van der Waals surface area contributed by atoms with Gasteiger partial charge in [-0.3, -0.25) is 0 Å². The highest BCUT2D eigenvalue weighted by molar-refractivity contribution is 5.71. The van der Waals surface area contributed by atoms with Crippen LogP contribution >= 0.6 is 0 Å². The van der Waals surface area contributed by atoms with E-state index < -0.39 is 0 Å². The number of nitrogens with one attached hydrogen (secondary N) is 1. The Morgan fingerprint density at radius 2 is 2.28 bits per heavy atom. The quantitative estimate of drug-likeness (QED) is 0.877. The van der Waals surface area contributed by atoms with Crippen molar-refractivity contribution in [3.63, 3.8) is 0 Å². The Balaban J connectivity index is 1.86. The van der Waals surface area contributed by atoms with Gasteiger partial charge in [-0.15, -0.1) is 0 Å². The highest BCUT2D eigenvalue weighted by atomic mass is 15.1. The molecule has 0 radical (unpaired) electrons. The van der Waals surface area contributed by atoms with Crippen LogP contribution in [0, 0.1) is 0 Å². The first-order chi connectivity index (χ1) is 8.75. The van der Waals surface area contributed by atoms with Crippen LogP contribution in [-0.2, 0) is 6.42 Å². The number of hydrogen-bond donors (Lipinski definition) is 1. The van der Waals surface area contributed by atoms with E-state index in [1.54, 1.807) is 0 Å². The van der Waals surface area contributed by atoms with Crippen LogP contribution in [0.15, 0.2) is 18.3 Å². The van der Waals surface area contributed by atoms with Crippen LogP contribution in [0.2, 0.25) is 0 Å². The Morgan fingerprint density at radius 3 is 3.00 bits per heavy atom. The summed E-state index contributed by atoms with van der Waals surface area (Å²) in [6.45, 7) is 5.39. The zero-order chi connectivity index (χ0) is 12.5. The maximum atomic E-state index is 4.71. The Bertz CT molecular complexity index is 540. The molecule has 3 rings (SSSR count). The number of aromatic nitrogens is 3. The van der Waals surface area contributed by atoms with Crippen molar-refractivity contribution in [2.24, 2.45) is 0 Å². The van der Waals surface area contributed by atoms with E-state index in [0.717, 1.165) is 36.0 Å². The first kappa shape index (κ1) is 11.7. The summed E-state index contributed by atoms with van der Waals surface area (Å²) in [5.41, 5.74) is 2.02. The number of rotatable bonds is 5. The minimum absolute atomic E-state index is 0.404. The zero-order valence-corrected chi connectivity index (χ0v) is 11.1. The minimum atomic E-state index is 0.404. The van der Waals surface area contributed by atoms with Crippen molar-refractivity contribution in [3.8, 4) is 0 Å². The molecule has 2 heterocycles. The Morgan fingerprint density at radius 1 is 1.44 bits per heavy atom. The van der Waals surface area contributed by atoms with E-state index in [1.807, 2.05) is 18.3 Å². The molecule has 2 aromatic rings. The van der Waals surface area contributed by atoms with Gasteiger partial charge < -0.3 is 9.88 Å². The van der Waals surface area contributed by atoms with Gasteiger partial charge in [0.2, 0.25) is 0 Å². The lowest BCUT2D eigenvalue weighted by molar-refractivity contribution is 0.565. The molecule has 4 heteroatoms. The number of fused-ring (bicyclic) bond motifs is 1. The Labute approximate surface area is 107 Å². The van der Waals surface area contributed by atoms with Crippen molar-refractivity contribution in [1.29, 1.82) is 0 Å². The second-order valence-electron chi connectivity index (χ2n) is 5.32. The van der Waals surface area contributed by atoms with Crippen molar-refractivity contribution in [1.82, 2.24) is 19.9 Å². The third kappa shape index (κ3) is 2.25. The van der Waals surface area contributed by atoms with Crippen LogP contribution in [0.1, 0.15) is 38.6 Å². The lowest BCUT2D eigenvalue weighted by Gasteiger charge is -2.12. The average Bonchev–Trinajstić information content (AvgIpc) is 3.08. The molecule has 0 spiro atoms. The fourth-order valence-corrected chi connectivity index (χ4v) is 2.37. The smallest absolute Gasteiger partial charge is 0.160 e. The van der Waals surface area contributed by atoms with Crippen molar-refractivity contribution in [3.05, 3.63) is 24.2 Å². The number of pyridine rings is 1. The summed E-state index contributed by atoms with van der Waals surface area (Å²) in [5.74, 6) is 1.15. The number of nitrogens with zero attached hydrogens (tertiary/aromatic N) is 3. The van der Waals surface area contributed by atoms with Crippen LogP contribution in [0.4, 0.5) is 0 Å². The fraction of sp³-hybridized carbons (Fsp3) is 0.571. The van der Waals surface area contributed by atoms with Crippen molar-refractivity contribution < 1.29 is 0 Å². The molecule has 2 aromatic heterocycles. The van der Waals surface area contributed by atoms with Crippen LogP contribution in [-0.4, -0.2) is 27.1 Å². The maximum absolute atomic E-state index is 4.71. The topological polar surface area (TPSA) is 42.7 Å². The molecule has 96 valence electrons. The fourth-order valence-electron chi connectivity index (χ4n) is 2.37. The monoisotopic (exact) mass is 244 g/mol. The predicted molar refractivity (Wildman–Crippen MR) is 72.6 cm³/mol. The summed E-state index contributed by atoms with van der Waals surface area (Å²) < 4.78 is 2.25. The van der Waals surface area contributed by atoms with E-state index in [4.69, 9.17) is 4.98 Å². The molecule has 0 aromatic carbocycles. The zero-order valence-electron chi connectivity index (χ0n) is 11.1. The lowest BCUT2D eigenvalue weighted by Crippen LogP contribution is -2.21. The second-order valence-corrected chi connectivity index (χ2v) is 5.32. The van der Waals surface area contributed by atoms with Gasteiger partial charge in [0, 0.05) is 31.2 Å². The lowest BCUT2D eigenvalue weighted by atomic mass is 10.3. The largest absolute Gasteiger partial charge is 0.314 e. The molecule has 0 unspecified atom stereocenters. The molecule has 0 atom stereocenters. The highest BCUT2D eigenvalue weighted by Crippen LogP contribution is 2.20. The Hall–Kier alpha value is -1.42. The molecule has 1 aliphatic rings. The van der Waals surface area contributed by atoms with Gasteiger partial charge in [0.15, 0.2) is 5.65 Å². The van der Waals surface area contributed by atoms with E-state index in [-0.39, 0.29) is 0 Å². The molecule has 1 aliphatic carbocycles. The molecular weight excluding hydrogens is 224 g/mol. The molecular formula is C14H20N4. The molecule has 0 amide bonds. The maximum Gasteiger partial charge on any atom is 0.160 e. The van der Waals surface area contributed by atoms with Gasteiger partial charge in [-0.25, -0.2) is 9.97 Å². The van der Waals surface area contributed by atoms with Gasteiger partial charge in [0.1, 0.15) is 11.3 Å². The third-order valence-corrected chi connectivity index (χ3v) is 3.40. The van der Waals surface area contributed by atoms with Crippen LogP contribution in [0.3, 0.4) is 0 Å². The summed E-state index contributed by atoms with van der Waals surface area (Å²) in [6.07, 6.45) is 5.49. The molecule has 1 fully saturated rings. The number of imidazole rings is 1. The molecule has 0 aliphatic heterocycles. The van der Waals surface area contributed by atoms with E-state index in [2.05, 4.69) is 28.7 Å². The molecule has 0 saturated heterocycles. The molecule has 1 saturated carbocycles. The van der Waals surface area contributed by atoms with E-state index >= 15 is 0 Å². The van der Waals surface area contributed by atoms with E-state index in [1.165, 1.54) is 12.8 Å². The molecule has 4 nitrogen and oxygen atoms in total. The summed E-state index contributed by atoms with van der Waals surface area (Å²) in [7, 11) is 0. The second kappa shape index (κ2) is 4.69. The van der Waals surface area contributed by atoms with Crippen LogP contribution in [0.5, 0.6) is 0 Å². The van der Waals surface area contributed by atoms with Crippen molar-refractivity contribution in [2.45, 2.75) is 45.2 Å². The SMILES string of the molecule is CC(C)n1c(CCNC2CC2)nc2cccnc21. The summed E-state index contributed by atoms with van der Waals surface area (Å²) >= 11 is 0. The van der Waals surface area contributed by atoms with Gasteiger partial charge in [-0.1, -0.05) is 0 Å². The van der Waals surface area contributed by atoms with E-state index in [9.17, 15) is 0 Å². The summed E-state index contributed by atoms with van der Waals surface area (Å²) in [4.78, 5) is 9.17. The average molecular weight is 244 g/mol. The standard InChI is InChI=1S/C14H20N4/c1-10(2)18-13(7-9-15-11-5-6-11)17-12-4-3-8-16-14(12)18/h3-4,8,10-11,15H,5-7,9H2,1-2H3. The van der Waals surface area contributed by atoms with Crippen LogP contribution in [0.25, 0.3) is 11.2 Å². The van der Waals surface area contributed by atoms with Gasteiger partial charge in [0.05, 0.1) is 0 Å². The molecule has 18 heavy (non-hydrogen) atoms. The van der Waals surface area contributed by atoms with Gasteiger partial charge in [0.25, 0.3) is 0 Å².